The highest BCUT2D eigenvalue weighted by molar-refractivity contribution is 7.16. The van der Waals surface area contributed by atoms with Gasteiger partial charge < -0.3 is 15.7 Å². The van der Waals surface area contributed by atoms with E-state index in [2.05, 4.69) is 15.6 Å². The van der Waals surface area contributed by atoms with Crippen LogP contribution in [0, 0.1) is 5.82 Å². The summed E-state index contributed by atoms with van der Waals surface area (Å²) in [6, 6.07) is 10.1. The maximum Gasteiger partial charge on any atom is 0.191 e. The van der Waals surface area contributed by atoms with Crippen LogP contribution in [0.15, 0.2) is 41.4 Å². The Morgan fingerprint density at radius 3 is 2.74 bits per heavy atom. The van der Waals surface area contributed by atoms with Gasteiger partial charge in [0.25, 0.3) is 0 Å². The second-order valence-corrected chi connectivity index (χ2v) is 6.57. The van der Waals surface area contributed by atoms with Crippen molar-refractivity contribution in [3.05, 3.63) is 57.0 Å². The third kappa shape index (κ3) is 5.49. The number of rotatable bonds is 6. The molecular formula is C16H19ClFN3OS. The zero-order chi connectivity index (χ0) is 16.7. The van der Waals surface area contributed by atoms with E-state index >= 15 is 0 Å². The van der Waals surface area contributed by atoms with Crippen molar-refractivity contribution in [2.24, 2.45) is 4.99 Å². The van der Waals surface area contributed by atoms with Crippen molar-refractivity contribution >= 4 is 28.9 Å². The lowest BCUT2D eigenvalue weighted by Gasteiger charge is -2.14. The number of aliphatic hydroxyl groups excluding tert-OH is 1. The third-order valence-electron chi connectivity index (χ3n) is 3.09. The van der Waals surface area contributed by atoms with Gasteiger partial charge in [0.05, 0.1) is 10.9 Å². The van der Waals surface area contributed by atoms with Gasteiger partial charge in [-0.3, -0.25) is 0 Å². The lowest BCUT2D eigenvalue weighted by atomic mass is 10.2. The number of thiophene rings is 1. The molecule has 1 heterocycles. The average molecular weight is 356 g/mol. The summed E-state index contributed by atoms with van der Waals surface area (Å²) < 4.78 is 14.2. The van der Waals surface area contributed by atoms with Gasteiger partial charge in [-0.1, -0.05) is 29.8 Å². The topological polar surface area (TPSA) is 56.7 Å². The molecule has 1 aromatic carbocycles. The van der Waals surface area contributed by atoms with Crippen LogP contribution in [-0.2, 0) is 6.54 Å². The molecule has 124 valence electrons. The van der Waals surface area contributed by atoms with E-state index in [1.54, 1.807) is 30.3 Å². The number of aliphatic imine (C=N–C) groups is 1. The first-order chi connectivity index (χ1) is 11.1. The number of nitrogens with one attached hydrogen (secondary N) is 2. The molecule has 0 saturated heterocycles. The van der Waals surface area contributed by atoms with E-state index in [0.717, 1.165) is 4.88 Å². The Morgan fingerprint density at radius 1 is 1.30 bits per heavy atom. The van der Waals surface area contributed by atoms with E-state index in [4.69, 9.17) is 11.6 Å². The number of guanidine groups is 1. The molecule has 0 bridgehead atoms. The zero-order valence-corrected chi connectivity index (χ0v) is 14.3. The van der Waals surface area contributed by atoms with Crippen molar-refractivity contribution in [2.45, 2.75) is 19.6 Å². The second-order valence-electron chi connectivity index (χ2n) is 4.83. The van der Waals surface area contributed by atoms with Crippen molar-refractivity contribution in [1.29, 1.82) is 0 Å². The van der Waals surface area contributed by atoms with Crippen LogP contribution in [0.4, 0.5) is 4.39 Å². The molecule has 0 aliphatic rings. The van der Waals surface area contributed by atoms with E-state index in [1.807, 2.05) is 6.92 Å². The minimum absolute atomic E-state index is 0.225. The molecule has 0 fully saturated rings. The number of hydrogen-bond acceptors (Lipinski definition) is 3. The molecule has 1 aromatic heterocycles. The molecular weight excluding hydrogens is 337 g/mol. The maximum absolute atomic E-state index is 13.6. The van der Waals surface area contributed by atoms with Gasteiger partial charge in [-0.25, -0.2) is 9.38 Å². The highest BCUT2D eigenvalue weighted by atomic mass is 35.5. The summed E-state index contributed by atoms with van der Waals surface area (Å²) >= 11 is 7.20. The normalized spacial score (nSPS) is 13.0. The largest absolute Gasteiger partial charge is 0.386 e. The predicted octanol–water partition coefficient (Wildman–Crippen LogP) is 3.33. The Kier molecular flexibility index (Phi) is 6.83. The Bertz CT molecular complexity index is 662. The summed E-state index contributed by atoms with van der Waals surface area (Å²) in [5.74, 6) is 0.248. The molecule has 0 aliphatic carbocycles. The summed E-state index contributed by atoms with van der Waals surface area (Å²) in [6.45, 7) is 3.13. The summed E-state index contributed by atoms with van der Waals surface area (Å²) in [5, 5.41) is 16.2. The van der Waals surface area contributed by atoms with Crippen LogP contribution >= 0.6 is 22.9 Å². The molecule has 23 heavy (non-hydrogen) atoms. The van der Waals surface area contributed by atoms with E-state index in [1.165, 1.54) is 17.4 Å². The van der Waals surface area contributed by atoms with Crippen LogP contribution in [0.1, 0.15) is 23.5 Å². The lowest BCUT2D eigenvalue weighted by Crippen LogP contribution is -2.39. The summed E-state index contributed by atoms with van der Waals surface area (Å²) in [4.78, 5) is 5.12. The van der Waals surface area contributed by atoms with Crippen LogP contribution in [-0.4, -0.2) is 24.2 Å². The number of nitrogens with zero attached hydrogens (tertiary/aromatic N) is 1. The zero-order valence-electron chi connectivity index (χ0n) is 12.7. The molecule has 2 rings (SSSR count). The van der Waals surface area contributed by atoms with Gasteiger partial charge in [0.2, 0.25) is 0 Å². The molecule has 3 N–H and O–H groups in total. The molecule has 0 aliphatic heterocycles. The smallest absolute Gasteiger partial charge is 0.191 e. The van der Waals surface area contributed by atoms with E-state index in [9.17, 15) is 9.50 Å². The number of hydrogen-bond donors (Lipinski definition) is 3. The van der Waals surface area contributed by atoms with Crippen LogP contribution < -0.4 is 10.6 Å². The Hall–Kier alpha value is -1.63. The predicted molar refractivity (Wildman–Crippen MR) is 93.5 cm³/mol. The molecule has 2 aromatic rings. The summed E-state index contributed by atoms with van der Waals surface area (Å²) in [6.07, 6.45) is -0.676. The Morgan fingerprint density at radius 2 is 2.09 bits per heavy atom. The standard InChI is InChI=1S/C16H19ClFN3OS/c1-2-19-16(20-9-11-5-3-4-6-12(11)18)21-10-13(22)14-7-8-15(17)23-14/h3-8,13,22H,2,9-10H2,1H3,(H2,19,20,21). The van der Waals surface area contributed by atoms with Crippen molar-refractivity contribution in [3.63, 3.8) is 0 Å². The summed E-state index contributed by atoms with van der Waals surface area (Å²) in [5.41, 5.74) is 0.523. The Labute approximate surface area is 144 Å². The van der Waals surface area contributed by atoms with Crippen LogP contribution in [0.2, 0.25) is 4.34 Å². The molecule has 4 nitrogen and oxygen atoms in total. The van der Waals surface area contributed by atoms with Gasteiger partial charge in [0.15, 0.2) is 5.96 Å². The van der Waals surface area contributed by atoms with Gasteiger partial charge in [-0.05, 0) is 25.1 Å². The lowest BCUT2D eigenvalue weighted by molar-refractivity contribution is 0.184. The second kappa shape index (κ2) is 8.86. The molecule has 7 heteroatoms. The van der Waals surface area contributed by atoms with Gasteiger partial charge in [0.1, 0.15) is 11.9 Å². The average Bonchev–Trinajstić information content (AvgIpc) is 2.98. The molecule has 0 amide bonds. The van der Waals surface area contributed by atoms with Gasteiger partial charge >= 0.3 is 0 Å². The molecule has 1 unspecified atom stereocenters. The van der Waals surface area contributed by atoms with Crippen LogP contribution in [0.5, 0.6) is 0 Å². The fourth-order valence-corrected chi connectivity index (χ4v) is 2.98. The number of halogens is 2. The monoisotopic (exact) mass is 355 g/mol. The van der Waals surface area contributed by atoms with E-state index < -0.39 is 6.10 Å². The number of aliphatic hydroxyl groups is 1. The minimum Gasteiger partial charge on any atom is -0.386 e. The Balaban J connectivity index is 1.95. The van der Waals surface area contributed by atoms with Crippen molar-refractivity contribution < 1.29 is 9.50 Å². The highest BCUT2D eigenvalue weighted by Gasteiger charge is 2.11. The highest BCUT2D eigenvalue weighted by Crippen LogP contribution is 2.26. The first kappa shape index (κ1) is 17.7. The molecule has 0 spiro atoms. The SMILES string of the molecule is CCNC(=NCc1ccccc1F)NCC(O)c1ccc(Cl)s1. The first-order valence-corrected chi connectivity index (χ1v) is 8.48. The van der Waals surface area contributed by atoms with Crippen LogP contribution in [0.25, 0.3) is 0 Å². The third-order valence-corrected chi connectivity index (χ3v) is 4.43. The minimum atomic E-state index is -0.676. The quantitative estimate of drug-likeness (QED) is 0.550. The molecule has 1 atom stereocenters. The van der Waals surface area contributed by atoms with E-state index in [0.29, 0.717) is 28.9 Å². The van der Waals surface area contributed by atoms with Crippen LogP contribution in [0.3, 0.4) is 0 Å². The van der Waals surface area contributed by atoms with Gasteiger partial charge in [0, 0.05) is 23.5 Å². The van der Waals surface area contributed by atoms with Crippen molar-refractivity contribution in [3.8, 4) is 0 Å². The van der Waals surface area contributed by atoms with Crippen molar-refractivity contribution in [1.82, 2.24) is 10.6 Å². The number of benzene rings is 1. The van der Waals surface area contributed by atoms with E-state index in [-0.39, 0.29) is 12.4 Å². The summed E-state index contributed by atoms with van der Waals surface area (Å²) in [7, 11) is 0. The van der Waals surface area contributed by atoms with Crippen molar-refractivity contribution in [2.75, 3.05) is 13.1 Å². The van der Waals surface area contributed by atoms with Gasteiger partial charge in [-0.2, -0.15) is 0 Å². The first-order valence-electron chi connectivity index (χ1n) is 7.29. The molecule has 0 radical (unpaired) electrons. The fourth-order valence-electron chi connectivity index (χ4n) is 1.93. The van der Waals surface area contributed by atoms with Gasteiger partial charge in [-0.15, -0.1) is 11.3 Å². The maximum atomic E-state index is 13.6. The molecule has 0 saturated carbocycles. The fraction of sp³-hybridized carbons (Fsp3) is 0.312.